The van der Waals surface area contributed by atoms with Crippen LogP contribution < -0.4 is 22.7 Å². The molecule has 2 aromatic carbocycles. The summed E-state index contributed by atoms with van der Waals surface area (Å²) >= 11 is 0. The van der Waals surface area contributed by atoms with Crippen LogP contribution in [0.25, 0.3) is 10.9 Å². The zero-order valence-electron chi connectivity index (χ0n) is 10.7. The summed E-state index contributed by atoms with van der Waals surface area (Å²) in [6.07, 6.45) is 0. The van der Waals surface area contributed by atoms with Crippen LogP contribution in [0.4, 0.5) is 11.5 Å². The number of anilines is 1. The molecule has 5 N–H and O–H groups in total. The summed E-state index contributed by atoms with van der Waals surface area (Å²) in [6.45, 7) is 0. The van der Waals surface area contributed by atoms with Crippen LogP contribution in [0.1, 0.15) is 0 Å². The Balaban J connectivity index is 2.32. The van der Waals surface area contributed by atoms with Crippen molar-refractivity contribution in [2.24, 2.45) is 10.8 Å². The second-order valence-electron chi connectivity index (χ2n) is 4.24. The first-order valence-electron chi connectivity index (χ1n) is 6.13. The van der Waals surface area contributed by atoms with Crippen LogP contribution in [0.5, 0.6) is 0 Å². The molecule has 0 aliphatic rings. The molecule has 100 valence electrons. The van der Waals surface area contributed by atoms with Crippen LogP contribution in [-0.4, -0.2) is 9.66 Å². The topological polar surface area (TPSA) is 94.2 Å². The molecule has 0 saturated carbocycles. The van der Waals surface area contributed by atoms with E-state index < -0.39 is 0 Å². The van der Waals surface area contributed by atoms with E-state index in [-0.39, 0.29) is 0 Å². The minimum atomic E-state index is 0.378. The first-order chi connectivity index (χ1) is 9.79. The number of fused-ring (bicyclic) bond motifs is 1. The number of hydrazine groups is 1. The maximum absolute atomic E-state index is 6.03. The number of hydrogen-bond acceptors (Lipinski definition) is 5. The Kier molecular flexibility index (Phi) is 3.06. The average molecular weight is 266 g/mol. The average Bonchev–Trinajstić information content (AvgIpc) is 2.49. The number of nitrogens with zero attached hydrogens (tertiary/aromatic N) is 3. The zero-order chi connectivity index (χ0) is 13.9. The molecule has 0 saturated heterocycles. The summed E-state index contributed by atoms with van der Waals surface area (Å²) in [5.41, 5.74) is 4.53. The first kappa shape index (κ1) is 12.2. The van der Waals surface area contributed by atoms with Crippen LogP contribution in [0.15, 0.2) is 59.6 Å². The van der Waals surface area contributed by atoms with Gasteiger partial charge < -0.3 is 11.3 Å². The van der Waals surface area contributed by atoms with Crippen molar-refractivity contribution < 1.29 is 0 Å². The van der Waals surface area contributed by atoms with Crippen molar-refractivity contribution in [3.8, 4) is 0 Å². The van der Waals surface area contributed by atoms with E-state index in [1.54, 1.807) is 0 Å². The number of rotatable bonds is 2. The van der Waals surface area contributed by atoms with Gasteiger partial charge in [-0.05, 0) is 24.3 Å². The van der Waals surface area contributed by atoms with Gasteiger partial charge in [0.25, 0.3) is 5.62 Å². The summed E-state index contributed by atoms with van der Waals surface area (Å²) in [5, 5.41) is 0.838. The van der Waals surface area contributed by atoms with E-state index >= 15 is 0 Å². The number of aromatic nitrogens is 2. The number of nitrogen functional groups attached to an aromatic ring is 2. The number of benzene rings is 2. The third kappa shape index (κ3) is 2.08. The molecule has 0 unspecified atom stereocenters. The molecule has 3 rings (SSSR count). The predicted molar refractivity (Wildman–Crippen MR) is 79.4 cm³/mol. The Bertz CT molecular complexity index is 807. The van der Waals surface area contributed by atoms with E-state index in [4.69, 9.17) is 11.7 Å². The maximum Gasteiger partial charge on any atom is 0.251 e. The molecule has 6 nitrogen and oxygen atoms in total. The van der Waals surface area contributed by atoms with Gasteiger partial charge in [-0.1, -0.05) is 30.3 Å². The summed E-state index contributed by atoms with van der Waals surface area (Å²) in [5.74, 6) is 12.1. The van der Waals surface area contributed by atoms with Crippen molar-refractivity contribution in [3.05, 3.63) is 60.2 Å². The fraction of sp³-hybridized carbons (Fsp3) is 0. The van der Waals surface area contributed by atoms with E-state index in [9.17, 15) is 0 Å². The lowest BCUT2D eigenvalue weighted by Crippen LogP contribution is -2.34. The zero-order valence-corrected chi connectivity index (χ0v) is 10.7. The predicted octanol–water partition coefficient (Wildman–Crippen LogP) is 1.27. The third-order valence-corrected chi connectivity index (χ3v) is 2.96. The number of hydrogen-bond donors (Lipinski definition) is 3. The lowest BCUT2D eigenvalue weighted by Gasteiger charge is -2.11. The van der Waals surface area contributed by atoms with E-state index in [0.717, 1.165) is 16.6 Å². The SMILES string of the molecule is NNc1c2ccccc2nc(=Nc2ccccc2)n1N. The normalized spacial score (nSPS) is 11.8. The Morgan fingerprint density at radius 1 is 1.00 bits per heavy atom. The summed E-state index contributed by atoms with van der Waals surface area (Å²) < 4.78 is 1.34. The molecule has 1 heterocycles. The molecule has 20 heavy (non-hydrogen) atoms. The fourth-order valence-electron chi connectivity index (χ4n) is 2.01. The monoisotopic (exact) mass is 266 g/mol. The summed E-state index contributed by atoms with van der Waals surface area (Å²) in [6, 6.07) is 17.1. The van der Waals surface area contributed by atoms with Crippen LogP contribution in [0.3, 0.4) is 0 Å². The minimum absolute atomic E-state index is 0.378. The van der Waals surface area contributed by atoms with Gasteiger partial charge >= 0.3 is 0 Å². The smallest absolute Gasteiger partial charge is 0.251 e. The van der Waals surface area contributed by atoms with Crippen LogP contribution >= 0.6 is 0 Å². The van der Waals surface area contributed by atoms with Gasteiger partial charge in [0.1, 0.15) is 0 Å². The van der Waals surface area contributed by atoms with Gasteiger partial charge in [0.15, 0.2) is 5.82 Å². The first-order valence-corrected chi connectivity index (χ1v) is 6.13. The van der Waals surface area contributed by atoms with Gasteiger partial charge in [-0.3, -0.25) is 0 Å². The largest absolute Gasteiger partial charge is 0.335 e. The lowest BCUT2D eigenvalue weighted by atomic mass is 10.2. The Hall–Kier alpha value is -2.86. The quantitative estimate of drug-likeness (QED) is 0.481. The highest BCUT2D eigenvalue weighted by Gasteiger charge is 2.06. The Morgan fingerprint density at radius 3 is 2.45 bits per heavy atom. The molecule has 0 atom stereocenters. The Labute approximate surface area is 115 Å². The highest BCUT2D eigenvalue weighted by atomic mass is 15.4. The number of nitrogens with two attached hydrogens (primary N) is 2. The molecule has 1 aromatic heterocycles. The van der Waals surface area contributed by atoms with Crippen molar-refractivity contribution in [2.75, 3.05) is 11.3 Å². The van der Waals surface area contributed by atoms with Gasteiger partial charge in [-0.25, -0.2) is 20.5 Å². The number of nitrogens with one attached hydrogen (secondary N) is 1. The fourth-order valence-corrected chi connectivity index (χ4v) is 2.01. The highest BCUT2D eigenvalue weighted by molar-refractivity contribution is 5.88. The second-order valence-corrected chi connectivity index (χ2v) is 4.24. The third-order valence-electron chi connectivity index (χ3n) is 2.96. The van der Waals surface area contributed by atoms with Gasteiger partial charge in [0, 0.05) is 5.39 Å². The molecule has 0 amide bonds. The molecule has 3 aromatic rings. The van der Waals surface area contributed by atoms with Crippen LogP contribution in [-0.2, 0) is 0 Å². The van der Waals surface area contributed by atoms with Crippen molar-refractivity contribution in [1.29, 1.82) is 0 Å². The molecule has 6 heteroatoms. The molecule has 0 radical (unpaired) electrons. The van der Waals surface area contributed by atoms with E-state index in [1.807, 2.05) is 54.6 Å². The van der Waals surface area contributed by atoms with Crippen LogP contribution in [0.2, 0.25) is 0 Å². The lowest BCUT2D eigenvalue weighted by molar-refractivity contribution is 0.857. The standard InChI is InChI=1S/C14H14N6/c15-19-13-11-8-4-5-9-12(11)18-14(20(13)16)17-10-6-2-1-3-7-10/h1-9,19H,15-16H2. The van der Waals surface area contributed by atoms with Gasteiger partial charge in [0.05, 0.1) is 11.2 Å². The summed E-state index contributed by atoms with van der Waals surface area (Å²) in [7, 11) is 0. The molecular formula is C14H14N6. The van der Waals surface area contributed by atoms with E-state index in [2.05, 4.69) is 15.4 Å². The van der Waals surface area contributed by atoms with Crippen molar-refractivity contribution in [1.82, 2.24) is 9.66 Å². The number of para-hydroxylation sites is 2. The molecule has 0 fully saturated rings. The van der Waals surface area contributed by atoms with Crippen molar-refractivity contribution in [3.63, 3.8) is 0 Å². The summed E-state index contributed by atoms with van der Waals surface area (Å²) in [4.78, 5) is 8.89. The van der Waals surface area contributed by atoms with E-state index in [1.165, 1.54) is 4.68 Å². The molecule has 0 aliphatic carbocycles. The maximum atomic E-state index is 6.03. The van der Waals surface area contributed by atoms with Crippen molar-refractivity contribution >= 4 is 22.4 Å². The Morgan fingerprint density at radius 2 is 1.70 bits per heavy atom. The molecule has 0 aliphatic heterocycles. The molecule has 0 spiro atoms. The second kappa shape index (κ2) is 5.02. The van der Waals surface area contributed by atoms with Gasteiger partial charge in [0.2, 0.25) is 0 Å². The molecular weight excluding hydrogens is 252 g/mol. The molecule has 0 bridgehead atoms. The minimum Gasteiger partial charge on any atom is -0.335 e. The van der Waals surface area contributed by atoms with Gasteiger partial charge in [-0.2, -0.15) is 0 Å². The van der Waals surface area contributed by atoms with Crippen molar-refractivity contribution in [2.45, 2.75) is 0 Å². The highest BCUT2D eigenvalue weighted by Crippen LogP contribution is 2.17. The van der Waals surface area contributed by atoms with Crippen LogP contribution in [0, 0.1) is 0 Å². The van der Waals surface area contributed by atoms with E-state index in [0.29, 0.717) is 11.4 Å². The van der Waals surface area contributed by atoms with Gasteiger partial charge in [-0.15, -0.1) is 0 Å².